The lowest BCUT2D eigenvalue weighted by Gasteiger charge is -2.41. The van der Waals surface area contributed by atoms with E-state index in [1.165, 1.54) is 24.3 Å². The summed E-state index contributed by atoms with van der Waals surface area (Å²) in [6, 6.07) is 2.33. The van der Waals surface area contributed by atoms with Gasteiger partial charge in [-0.25, -0.2) is 4.79 Å². The third-order valence-corrected chi connectivity index (χ3v) is 8.15. The molecule has 1 saturated carbocycles. The van der Waals surface area contributed by atoms with E-state index in [4.69, 9.17) is 4.74 Å². The fraction of sp³-hybridized carbons (Fsp3) is 0.630. The number of benzene rings is 1. The van der Waals surface area contributed by atoms with Crippen LogP contribution in [0.2, 0.25) is 0 Å². The number of aliphatic hydroxyl groups excluding tert-OH is 1. The van der Waals surface area contributed by atoms with Crippen molar-refractivity contribution in [2.24, 2.45) is 17.3 Å². The number of nitro groups is 1. The number of nitrogens with zero attached hydrogens (tertiary/aromatic N) is 2. The second-order valence-electron chi connectivity index (χ2n) is 11.9. The van der Waals surface area contributed by atoms with Gasteiger partial charge in [0.25, 0.3) is 11.6 Å². The zero-order valence-electron chi connectivity index (χ0n) is 23.8. The van der Waals surface area contributed by atoms with E-state index in [2.05, 4.69) is 15.7 Å². The number of ketones is 1. The summed E-state index contributed by atoms with van der Waals surface area (Å²) in [7, 11) is 2.00. The number of aliphatic hydroxyl groups is 1. The summed E-state index contributed by atoms with van der Waals surface area (Å²) in [6.07, 6.45) is 1.70. The summed E-state index contributed by atoms with van der Waals surface area (Å²) in [5, 5.41) is 30.1. The number of likely N-dealkylation sites (tertiary alicyclic amines) is 1. The van der Waals surface area contributed by atoms with Crippen molar-refractivity contribution in [2.45, 2.75) is 84.2 Å². The Hall–Kier alpha value is -3.15. The maximum Gasteiger partial charge on any atom is 0.412 e. The molecule has 0 aromatic heterocycles. The Labute approximate surface area is 241 Å². The van der Waals surface area contributed by atoms with Crippen molar-refractivity contribution < 1.29 is 33.9 Å². The molecule has 1 aliphatic heterocycles. The van der Waals surface area contributed by atoms with Crippen LogP contribution in [0.3, 0.4) is 0 Å². The topological polar surface area (TPSA) is 180 Å². The minimum Gasteiger partial charge on any atom is -0.410 e. The molecule has 0 radical (unpaired) electrons. The standard InChI is InChI=1S/C27H40N5O8P/c1-15-12-13-31(20(15)23(34)28-19(14-16-6-5-7-16)21(33)24(35)30-41)25(36)22(27(2,3)4)29-26(37)40-18-10-8-17(9-11-18)32(38)39/h8-11,15-16,19-20,22,25,36H,5-7,12-14,41H2,1-4H3,(H,28,34)(H,29,37)(H,30,35)/t15-,19?,20-,22+,25?/m0/s1. The number of rotatable bonds is 11. The number of nitrogens with one attached hydrogen (secondary N) is 3. The van der Waals surface area contributed by atoms with Gasteiger partial charge >= 0.3 is 6.09 Å². The first-order valence-corrected chi connectivity index (χ1v) is 14.3. The zero-order chi connectivity index (χ0) is 30.5. The Bertz CT molecular complexity index is 1140. The van der Waals surface area contributed by atoms with Crippen molar-refractivity contribution in [3.8, 4) is 5.75 Å². The largest absolute Gasteiger partial charge is 0.412 e. The third-order valence-electron chi connectivity index (χ3n) is 7.89. The maximum atomic E-state index is 13.6. The van der Waals surface area contributed by atoms with Crippen molar-refractivity contribution >= 4 is 38.8 Å². The van der Waals surface area contributed by atoms with Gasteiger partial charge in [0.05, 0.1) is 23.0 Å². The number of ether oxygens (including phenoxy) is 1. The second kappa shape index (κ2) is 13.7. The number of nitro benzene ring substituents is 1. The summed E-state index contributed by atoms with van der Waals surface area (Å²) in [4.78, 5) is 63.1. The molecule has 1 aromatic rings. The summed E-state index contributed by atoms with van der Waals surface area (Å²) in [5.41, 5.74) is -0.834. The van der Waals surface area contributed by atoms with E-state index < -0.39 is 58.4 Å². The van der Waals surface area contributed by atoms with E-state index in [0.717, 1.165) is 19.3 Å². The van der Waals surface area contributed by atoms with Crippen LogP contribution in [0, 0.1) is 27.4 Å². The van der Waals surface area contributed by atoms with E-state index in [1.54, 1.807) is 4.90 Å². The fourth-order valence-electron chi connectivity index (χ4n) is 5.29. The minimum atomic E-state index is -1.30. The van der Waals surface area contributed by atoms with Gasteiger partial charge < -0.3 is 25.6 Å². The van der Waals surface area contributed by atoms with Crippen LogP contribution in [0.25, 0.3) is 0 Å². The first-order valence-electron chi connectivity index (χ1n) is 13.7. The number of carbonyl (C=O) groups excluding carboxylic acids is 4. The van der Waals surface area contributed by atoms with Crippen LogP contribution in [0.4, 0.5) is 10.5 Å². The lowest BCUT2D eigenvalue weighted by Crippen LogP contribution is -2.62. The highest BCUT2D eigenvalue weighted by molar-refractivity contribution is 7.15. The molecule has 1 saturated heterocycles. The van der Waals surface area contributed by atoms with Gasteiger partial charge in [-0.3, -0.25) is 29.4 Å². The zero-order valence-corrected chi connectivity index (χ0v) is 24.9. The summed E-state index contributed by atoms with van der Waals surface area (Å²) >= 11 is 0. The molecule has 4 N–H and O–H groups in total. The summed E-state index contributed by atoms with van der Waals surface area (Å²) < 4.78 is 5.29. The maximum absolute atomic E-state index is 13.6. The van der Waals surface area contributed by atoms with Crippen molar-refractivity contribution in [2.75, 3.05) is 6.54 Å². The highest BCUT2D eigenvalue weighted by Gasteiger charge is 2.46. The normalized spacial score (nSPS) is 21.6. The molecular formula is C27H40N5O8P. The molecule has 3 rings (SSSR count). The van der Waals surface area contributed by atoms with Gasteiger partial charge in [-0.15, -0.1) is 0 Å². The Morgan fingerprint density at radius 3 is 2.29 bits per heavy atom. The molecule has 2 fully saturated rings. The summed E-state index contributed by atoms with van der Waals surface area (Å²) in [6.45, 7) is 7.68. The van der Waals surface area contributed by atoms with Gasteiger partial charge in [0, 0.05) is 18.7 Å². The van der Waals surface area contributed by atoms with Crippen molar-refractivity contribution in [1.82, 2.24) is 20.6 Å². The van der Waals surface area contributed by atoms with E-state index in [-0.39, 0.29) is 23.3 Å². The number of hydrogen-bond donors (Lipinski definition) is 4. The van der Waals surface area contributed by atoms with Crippen LogP contribution in [-0.4, -0.2) is 69.5 Å². The predicted octanol–water partition coefficient (Wildman–Crippen LogP) is 2.28. The molecule has 0 spiro atoms. The van der Waals surface area contributed by atoms with Gasteiger partial charge in [-0.1, -0.05) is 47.0 Å². The van der Waals surface area contributed by atoms with Crippen LogP contribution >= 0.6 is 9.39 Å². The van der Waals surface area contributed by atoms with Crippen molar-refractivity contribution in [1.29, 1.82) is 0 Å². The summed E-state index contributed by atoms with van der Waals surface area (Å²) in [5.74, 6) is -1.84. The minimum absolute atomic E-state index is 0.0824. The molecular weight excluding hydrogens is 553 g/mol. The van der Waals surface area contributed by atoms with Gasteiger partial charge in [0.15, 0.2) is 0 Å². The third kappa shape index (κ3) is 8.21. The van der Waals surface area contributed by atoms with E-state index >= 15 is 0 Å². The number of hydrogen-bond acceptors (Lipinski definition) is 9. The SMILES string of the molecule is C[C@H]1CCN(C(O)[C@@H](NC(=O)Oc2ccc([N+](=O)[O-])cc2)C(C)(C)C)[C@@H]1C(=O)NC(CC1CCC1)C(=O)C(=O)NP. The number of Topliss-reactive ketones (excluding diaryl/α,β-unsaturated/α-hetero) is 1. The van der Waals surface area contributed by atoms with E-state index in [9.17, 15) is 34.4 Å². The Morgan fingerprint density at radius 2 is 1.78 bits per heavy atom. The molecule has 0 bridgehead atoms. The smallest absolute Gasteiger partial charge is 0.410 e. The first kappa shape index (κ1) is 32.4. The van der Waals surface area contributed by atoms with Gasteiger partial charge in [-0.05, 0) is 51.6 Å². The molecule has 226 valence electrons. The average Bonchev–Trinajstić information content (AvgIpc) is 3.28. The number of carbonyl (C=O) groups is 4. The number of non-ortho nitro benzene ring substituents is 1. The van der Waals surface area contributed by atoms with Crippen LogP contribution in [0.1, 0.15) is 59.8 Å². The van der Waals surface area contributed by atoms with Crippen LogP contribution < -0.4 is 20.5 Å². The fourth-order valence-corrected chi connectivity index (χ4v) is 5.43. The Kier molecular flexibility index (Phi) is 10.8. The molecule has 3 amide bonds. The molecule has 1 heterocycles. The molecule has 2 aliphatic rings. The van der Waals surface area contributed by atoms with Gasteiger partial charge in [-0.2, -0.15) is 0 Å². The molecule has 6 atom stereocenters. The molecule has 41 heavy (non-hydrogen) atoms. The molecule has 1 aliphatic carbocycles. The number of amides is 3. The quantitative estimate of drug-likeness (QED) is 0.130. The van der Waals surface area contributed by atoms with E-state index in [1.807, 2.05) is 37.1 Å². The monoisotopic (exact) mass is 593 g/mol. The van der Waals surface area contributed by atoms with Crippen LogP contribution in [-0.2, 0) is 14.4 Å². The highest BCUT2D eigenvalue weighted by Crippen LogP contribution is 2.33. The van der Waals surface area contributed by atoms with Gasteiger partial charge in [0.1, 0.15) is 12.0 Å². The van der Waals surface area contributed by atoms with Crippen LogP contribution in [0.15, 0.2) is 24.3 Å². The van der Waals surface area contributed by atoms with Crippen LogP contribution in [0.5, 0.6) is 5.75 Å². The van der Waals surface area contributed by atoms with E-state index in [0.29, 0.717) is 19.4 Å². The molecule has 13 nitrogen and oxygen atoms in total. The first-order chi connectivity index (χ1) is 19.2. The molecule has 3 unspecified atom stereocenters. The average molecular weight is 594 g/mol. The highest BCUT2D eigenvalue weighted by atomic mass is 31.0. The molecule has 1 aromatic carbocycles. The molecule has 14 heteroatoms. The Balaban J connectivity index is 1.74. The second-order valence-corrected chi connectivity index (χ2v) is 12.2. The van der Waals surface area contributed by atoms with Crippen molar-refractivity contribution in [3.63, 3.8) is 0 Å². The Morgan fingerprint density at radius 1 is 1.15 bits per heavy atom. The lowest BCUT2D eigenvalue weighted by atomic mass is 9.80. The van der Waals surface area contributed by atoms with Gasteiger partial charge in [0.2, 0.25) is 11.7 Å². The van der Waals surface area contributed by atoms with Crippen molar-refractivity contribution in [3.05, 3.63) is 34.4 Å². The lowest BCUT2D eigenvalue weighted by molar-refractivity contribution is -0.384. The predicted molar refractivity (Wildman–Crippen MR) is 153 cm³/mol.